The number of hydrogen-bond donors (Lipinski definition) is 1. The highest BCUT2D eigenvalue weighted by Gasteiger charge is 2.44. The lowest BCUT2D eigenvalue weighted by atomic mass is 9.77. The Bertz CT molecular complexity index is 732. The van der Waals surface area contributed by atoms with Crippen molar-refractivity contribution in [1.29, 1.82) is 0 Å². The van der Waals surface area contributed by atoms with E-state index >= 15 is 0 Å². The minimum absolute atomic E-state index is 0.113. The average Bonchev–Trinajstić information content (AvgIpc) is 3.05. The lowest BCUT2D eigenvalue weighted by Crippen LogP contribution is -2.44. The van der Waals surface area contributed by atoms with Gasteiger partial charge in [0.1, 0.15) is 0 Å². The predicted molar refractivity (Wildman–Crippen MR) is 103 cm³/mol. The number of rotatable bonds is 4. The van der Waals surface area contributed by atoms with E-state index < -0.39 is 10.0 Å². The summed E-state index contributed by atoms with van der Waals surface area (Å²) in [5.74, 6) is 0. The van der Waals surface area contributed by atoms with Gasteiger partial charge in [-0.3, -0.25) is 4.90 Å². The smallest absolute Gasteiger partial charge is 0.243 e. The first kappa shape index (κ1) is 19.3. The molecule has 0 aromatic heterocycles. The molecule has 27 heavy (non-hydrogen) atoms. The summed E-state index contributed by atoms with van der Waals surface area (Å²) in [5.41, 5.74) is 0.113. The molecule has 6 nitrogen and oxygen atoms in total. The van der Waals surface area contributed by atoms with Crippen LogP contribution in [0.5, 0.6) is 0 Å². The van der Waals surface area contributed by atoms with Gasteiger partial charge in [-0.1, -0.05) is 18.2 Å². The maximum absolute atomic E-state index is 12.8. The molecule has 3 saturated heterocycles. The number of benzene rings is 1. The third-order valence-corrected chi connectivity index (χ3v) is 8.31. The minimum Gasteiger partial charge on any atom is -0.392 e. The minimum atomic E-state index is -3.39. The van der Waals surface area contributed by atoms with Crippen molar-refractivity contribution >= 4 is 10.0 Å². The summed E-state index contributed by atoms with van der Waals surface area (Å²) in [6.45, 7) is 4.52. The number of sulfonamides is 1. The van der Waals surface area contributed by atoms with Gasteiger partial charge < -0.3 is 9.84 Å². The van der Waals surface area contributed by atoms with Gasteiger partial charge in [0.25, 0.3) is 0 Å². The standard InChI is InChI=1S/C20H30N2O4S/c23-17-5-4-10-21(14-17)15-18-13-20(16-26-18)8-11-22(12-9-20)27(24,25)19-6-2-1-3-7-19/h1-3,6-7,17-18,23H,4-5,8-16H2/t17-,18-/m0/s1. The molecule has 150 valence electrons. The average molecular weight is 395 g/mol. The van der Waals surface area contributed by atoms with Crippen LogP contribution in [-0.4, -0.2) is 74.3 Å². The van der Waals surface area contributed by atoms with Gasteiger partial charge in [0.15, 0.2) is 0 Å². The molecule has 4 rings (SSSR count). The number of piperidine rings is 2. The van der Waals surface area contributed by atoms with Gasteiger partial charge in [-0.2, -0.15) is 4.31 Å². The van der Waals surface area contributed by atoms with E-state index in [1.165, 1.54) is 0 Å². The second kappa shape index (κ2) is 7.79. The van der Waals surface area contributed by atoms with Crippen LogP contribution in [-0.2, 0) is 14.8 Å². The Balaban J connectivity index is 1.33. The van der Waals surface area contributed by atoms with Gasteiger partial charge in [-0.05, 0) is 56.2 Å². The van der Waals surface area contributed by atoms with Crippen molar-refractivity contribution < 1.29 is 18.3 Å². The Hall–Kier alpha value is -0.990. The Morgan fingerprint density at radius 3 is 2.59 bits per heavy atom. The first-order chi connectivity index (χ1) is 13.0. The van der Waals surface area contributed by atoms with Gasteiger partial charge in [-0.15, -0.1) is 0 Å². The second-order valence-corrected chi connectivity index (χ2v) is 10.3. The van der Waals surface area contributed by atoms with E-state index in [0.717, 1.165) is 58.3 Å². The molecular weight excluding hydrogens is 364 g/mol. The topological polar surface area (TPSA) is 70.1 Å². The lowest BCUT2D eigenvalue weighted by molar-refractivity contribution is 0.0242. The molecule has 3 aliphatic heterocycles. The molecule has 3 heterocycles. The van der Waals surface area contributed by atoms with Crippen LogP contribution in [0.1, 0.15) is 32.1 Å². The third-order valence-electron chi connectivity index (χ3n) is 6.39. The van der Waals surface area contributed by atoms with Crippen LogP contribution in [0.2, 0.25) is 0 Å². The molecule has 0 saturated carbocycles. The monoisotopic (exact) mass is 394 g/mol. The first-order valence-corrected chi connectivity index (χ1v) is 11.5. The van der Waals surface area contributed by atoms with Crippen LogP contribution in [0.3, 0.4) is 0 Å². The van der Waals surface area contributed by atoms with Gasteiger partial charge >= 0.3 is 0 Å². The van der Waals surface area contributed by atoms with Gasteiger partial charge in [0.05, 0.1) is 23.7 Å². The lowest BCUT2D eigenvalue weighted by Gasteiger charge is -2.38. The van der Waals surface area contributed by atoms with Crippen molar-refractivity contribution in [1.82, 2.24) is 9.21 Å². The second-order valence-electron chi connectivity index (χ2n) is 8.41. The number of hydrogen-bond acceptors (Lipinski definition) is 5. The van der Waals surface area contributed by atoms with E-state index in [1.54, 1.807) is 28.6 Å². The fourth-order valence-corrected chi connectivity index (χ4v) is 6.25. The molecule has 0 bridgehead atoms. The van der Waals surface area contributed by atoms with E-state index in [1.807, 2.05) is 6.07 Å². The van der Waals surface area contributed by atoms with Crippen LogP contribution in [0.15, 0.2) is 35.2 Å². The highest BCUT2D eigenvalue weighted by Crippen LogP contribution is 2.43. The molecule has 0 amide bonds. The van der Waals surface area contributed by atoms with Crippen LogP contribution in [0.4, 0.5) is 0 Å². The summed E-state index contributed by atoms with van der Waals surface area (Å²) in [7, 11) is -3.39. The molecule has 0 unspecified atom stereocenters. The molecule has 0 aliphatic carbocycles. The quantitative estimate of drug-likeness (QED) is 0.842. The zero-order valence-electron chi connectivity index (χ0n) is 15.8. The zero-order chi connectivity index (χ0) is 18.9. The van der Waals surface area contributed by atoms with Gasteiger partial charge in [0.2, 0.25) is 10.0 Å². The number of ether oxygens (including phenoxy) is 1. The molecular formula is C20H30N2O4S. The fraction of sp³-hybridized carbons (Fsp3) is 0.700. The fourth-order valence-electron chi connectivity index (χ4n) is 4.79. The number of β-amino-alcohol motifs (C(OH)–C–C–N with tert-alkyl or cyclic N) is 1. The Morgan fingerprint density at radius 1 is 1.15 bits per heavy atom. The van der Waals surface area contributed by atoms with Crippen molar-refractivity contribution in [3.63, 3.8) is 0 Å². The predicted octanol–water partition coefficient (Wildman–Crippen LogP) is 1.70. The summed E-state index contributed by atoms with van der Waals surface area (Å²) < 4.78 is 33.4. The van der Waals surface area contributed by atoms with E-state index in [2.05, 4.69) is 4.90 Å². The number of likely N-dealkylation sites (tertiary alicyclic amines) is 1. The molecule has 0 radical (unpaired) electrons. The molecule has 7 heteroatoms. The Morgan fingerprint density at radius 2 is 1.89 bits per heavy atom. The maximum Gasteiger partial charge on any atom is 0.243 e. The molecule has 1 aromatic carbocycles. The number of aliphatic hydroxyl groups is 1. The van der Waals surface area contributed by atoms with Crippen LogP contribution < -0.4 is 0 Å². The SMILES string of the molecule is O=S(=O)(c1ccccc1)N1CCC2(CC1)CO[C@H](CN1CCC[C@H](O)C1)C2. The van der Waals surface area contributed by atoms with Crippen LogP contribution in [0.25, 0.3) is 0 Å². The number of aliphatic hydroxyl groups excluding tert-OH is 1. The van der Waals surface area contributed by atoms with Crippen molar-refractivity contribution in [2.75, 3.05) is 39.3 Å². The first-order valence-electron chi connectivity index (χ1n) is 10.0. The van der Waals surface area contributed by atoms with Crippen LogP contribution in [0, 0.1) is 5.41 Å². The Kier molecular flexibility index (Phi) is 5.58. The molecule has 1 N–H and O–H groups in total. The van der Waals surface area contributed by atoms with E-state index in [9.17, 15) is 13.5 Å². The Labute approximate surface area is 162 Å². The van der Waals surface area contributed by atoms with Crippen molar-refractivity contribution in [3.8, 4) is 0 Å². The summed E-state index contributed by atoms with van der Waals surface area (Å²) in [5, 5.41) is 9.85. The van der Waals surface area contributed by atoms with E-state index in [4.69, 9.17) is 4.74 Å². The van der Waals surface area contributed by atoms with E-state index in [0.29, 0.717) is 18.0 Å². The molecule has 1 aromatic rings. The van der Waals surface area contributed by atoms with Gasteiger partial charge in [-0.25, -0.2) is 8.42 Å². The zero-order valence-corrected chi connectivity index (χ0v) is 16.6. The molecule has 1 spiro atoms. The molecule has 3 aliphatic rings. The summed E-state index contributed by atoms with van der Waals surface area (Å²) in [6, 6.07) is 8.71. The van der Waals surface area contributed by atoms with Crippen molar-refractivity contribution in [3.05, 3.63) is 30.3 Å². The molecule has 2 atom stereocenters. The van der Waals surface area contributed by atoms with Crippen molar-refractivity contribution in [2.24, 2.45) is 5.41 Å². The number of nitrogens with zero attached hydrogens (tertiary/aromatic N) is 2. The summed E-state index contributed by atoms with van der Waals surface area (Å²) in [6.07, 6.45) is 4.66. The van der Waals surface area contributed by atoms with Crippen molar-refractivity contribution in [2.45, 2.75) is 49.2 Å². The summed E-state index contributed by atoms with van der Waals surface area (Å²) in [4.78, 5) is 2.69. The van der Waals surface area contributed by atoms with Crippen LogP contribution >= 0.6 is 0 Å². The highest BCUT2D eigenvalue weighted by atomic mass is 32.2. The third kappa shape index (κ3) is 4.22. The maximum atomic E-state index is 12.8. The van der Waals surface area contributed by atoms with Gasteiger partial charge in [0, 0.05) is 26.2 Å². The highest BCUT2D eigenvalue weighted by molar-refractivity contribution is 7.89. The van der Waals surface area contributed by atoms with E-state index in [-0.39, 0.29) is 17.6 Å². The normalized spacial score (nSPS) is 30.0. The molecule has 3 fully saturated rings. The summed E-state index contributed by atoms with van der Waals surface area (Å²) >= 11 is 0. The largest absolute Gasteiger partial charge is 0.392 e.